The molecule has 0 amide bonds. The van der Waals surface area contributed by atoms with Gasteiger partial charge in [0.15, 0.2) is 0 Å². The summed E-state index contributed by atoms with van der Waals surface area (Å²) in [6.45, 7) is 1.84. The Kier molecular flexibility index (Phi) is 3.36. The number of aryl methyl sites for hydroxylation is 1. The number of rotatable bonds is 2. The number of esters is 1. The van der Waals surface area contributed by atoms with E-state index in [4.69, 9.17) is 11.6 Å². The molecule has 0 atom stereocenters. The van der Waals surface area contributed by atoms with Crippen LogP contribution in [-0.2, 0) is 4.74 Å². The number of methoxy groups -OCH3 is 1. The first-order valence-corrected chi connectivity index (χ1v) is 4.54. The van der Waals surface area contributed by atoms with E-state index in [0.717, 1.165) is 5.56 Å². The molecule has 14 heavy (non-hydrogen) atoms. The van der Waals surface area contributed by atoms with Crippen molar-refractivity contribution in [3.8, 4) is 0 Å². The number of anilines is 1. The van der Waals surface area contributed by atoms with Crippen LogP contribution in [0.25, 0.3) is 0 Å². The van der Waals surface area contributed by atoms with E-state index in [1.54, 1.807) is 19.2 Å². The summed E-state index contributed by atoms with van der Waals surface area (Å²) >= 11 is 5.92. The van der Waals surface area contributed by atoms with Crippen molar-refractivity contribution >= 4 is 23.3 Å². The molecule has 0 unspecified atom stereocenters. The molecule has 0 aliphatic rings. The number of nitrogens with one attached hydrogen (secondary N) is 1. The summed E-state index contributed by atoms with van der Waals surface area (Å²) in [6, 6.07) is 3.42. The van der Waals surface area contributed by atoms with Gasteiger partial charge in [0.1, 0.15) is 0 Å². The molecule has 1 aromatic rings. The Hall–Kier alpha value is -1.22. The minimum atomic E-state index is -0.367. The summed E-state index contributed by atoms with van der Waals surface area (Å²) in [7, 11) is 3.08. The van der Waals surface area contributed by atoms with E-state index in [1.165, 1.54) is 7.11 Å². The second-order valence-corrected chi connectivity index (χ2v) is 3.30. The van der Waals surface area contributed by atoms with E-state index in [-0.39, 0.29) is 5.97 Å². The fraction of sp³-hybridized carbons (Fsp3) is 0.300. The minimum absolute atomic E-state index is 0.367. The molecule has 0 aromatic heterocycles. The highest BCUT2D eigenvalue weighted by molar-refractivity contribution is 6.31. The molecule has 1 N–H and O–H groups in total. The summed E-state index contributed by atoms with van der Waals surface area (Å²) in [5.74, 6) is -0.367. The molecule has 0 saturated heterocycles. The number of hydrogen-bond acceptors (Lipinski definition) is 3. The van der Waals surface area contributed by atoms with Crippen LogP contribution >= 0.6 is 11.6 Å². The van der Waals surface area contributed by atoms with Crippen molar-refractivity contribution in [2.45, 2.75) is 6.92 Å². The Morgan fingerprint density at radius 2 is 2.14 bits per heavy atom. The van der Waals surface area contributed by atoms with Gasteiger partial charge in [0.25, 0.3) is 0 Å². The highest BCUT2D eigenvalue weighted by atomic mass is 35.5. The van der Waals surface area contributed by atoms with Gasteiger partial charge in [0.2, 0.25) is 0 Å². The molecule has 1 rings (SSSR count). The van der Waals surface area contributed by atoms with Crippen molar-refractivity contribution < 1.29 is 9.53 Å². The lowest BCUT2D eigenvalue weighted by molar-refractivity contribution is 0.0602. The first-order chi connectivity index (χ1) is 6.60. The smallest absolute Gasteiger partial charge is 0.339 e. The van der Waals surface area contributed by atoms with Gasteiger partial charge >= 0.3 is 5.97 Å². The highest BCUT2D eigenvalue weighted by Gasteiger charge is 2.12. The largest absolute Gasteiger partial charge is 0.465 e. The van der Waals surface area contributed by atoms with Gasteiger partial charge in [-0.2, -0.15) is 0 Å². The summed E-state index contributed by atoms with van der Waals surface area (Å²) in [6.07, 6.45) is 0. The second kappa shape index (κ2) is 4.33. The zero-order valence-corrected chi connectivity index (χ0v) is 9.11. The van der Waals surface area contributed by atoms with Gasteiger partial charge in [-0.1, -0.05) is 11.6 Å². The summed E-state index contributed by atoms with van der Waals surface area (Å²) in [4.78, 5) is 11.4. The number of benzene rings is 1. The molecule has 0 spiro atoms. The van der Waals surface area contributed by atoms with Crippen LogP contribution in [0, 0.1) is 6.92 Å². The normalized spacial score (nSPS) is 9.71. The maximum absolute atomic E-state index is 11.4. The third kappa shape index (κ3) is 1.99. The van der Waals surface area contributed by atoms with Crippen LogP contribution in [0.15, 0.2) is 12.1 Å². The van der Waals surface area contributed by atoms with Crippen molar-refractivity contribution in [2.24, 2.45) is 0 Å². The number of carbonyl (C=O) groups is 1. The fourth-order valence-corrected chi connectivity index (χ4v) is 1.33. The van der Waals surface area contributed by atoms with Gasteiger partial charge in [0, 0.05) is 17.8 Å². The quantitative estimate of drug-likeness (QED) is 0.768. The van der Waals surface area contributed by atoms with Crippen LogP contribution in [0.1, 0.15) is 15.9 Å². The fourth-order valence-electron chi connectivity index (χ4n) is 1.17. The molecule has 76 valence electrons. The maximum atomic E-state index is 11.4. The van der Waals surface area contributed by atoms with Gasteiger partial charge in [-0.3, -0.25) is 0 Å². The molecule has 0 aliphatic carbocycles. The van der Waals surface area contributed by atoms with Gasteiger partial charge in [-0.25, -0.2) is 4.79 Å². The van der Waals surface area contributed by atoms with E-state index in [9.17, 15) is 4.79 Å². The zero-order chi connectivity index (χ0) is 10.7. The third-order valence-electron chi connectivity index (χ3n) is 1.97. The summed E-state index contributed by atoms with van der Waals surface area (Å²) < 4.78 is 4.65. The number of hydrogen-bond donors (Lipinski definition) is 1. The van der Waals surface area contributed by atoms with Gasteiger partial charge in [-0.15, -0.1) is 0 Å². The Morgan fingerprint density at radius 3 is 2.64 bits per heavy atom. The van der Waals surface area contributed by atoms with Crippen LogP contribution in [-0.4, -0.2) is 20.1 Å². The number of carbonyl (C=O) groups excluding carboxylic acids is 1. The molecule has 1 aromatic carbocycles. The summed E-state index contributed by atoms with van der Waals surface area (Å²) in [5, 5.41) is 3.52. The first-order valence-electron chi connectivity index (χ1n) is 4.16. The summed E-state index contributed by atoms with van der Waals surface area (Å²) in [5.41, 5.74) is 2.02. The zero-order valence-electron chi connectivity index (χ0n) is 8.35. The van der Waals surface area contributed by atoms with Crippen LogP contribution in [0.4, 0.5) is 5.69 Å². The molecule has 4 heteroatoms. The molecule has 3 nitrogen and oxygen atoms in total. The average Bonchev–Trinajstić information content (AvgIpc) is 2.20. The van der Waals surface area contributed by atoms with Gasteiger partial charge in [0.05, 0.1) is 12.7 Å². The molecule has 0 bridgehead atoms. The molecule has 0 aliphatic heterocycles. The van der Waals surface area contributed by atoms with Gasteiger partial charge in [-0.05, 0) is 24.6 Å². The number of halogens is 1. The molecule has 0 heterocycles. The van der Waals surface area contributed by atoms with Gasteiger partial charge < -0.3 is 10.1 Å². The maximum Gasteiger partial charge on any atom is 0.339 e. The molecule has 0 saturated carbocycles. The standard InChI is InChI=1S/C10H12ClNO2/c1-6-4-7(10(13)14-3)9(12-2)5-8(6)11/h4-5,12H,1-3H3. The predicted octanol–water partition coefficient (Wildman–Crippen LogP) is 2.48. The SMILES string of the molecule is CNc1cc(Cl)c(C)cc1C(=O)OC. The third-order valence-corrected chi connectivity index (χ3v) is 2.38. The van der Waals surface area contributed by atoms with Crippen molar-refractivity contribution in [1.29, 1.82) is 0 Å². The minimum Gasteiger partial charge on any atom is -0.465 e. The van der Waals surface area contributed by atoms with Crippen molar-refractivity contribution in [2.75, 3.05) is 19.5 Å². The van der Waals surface area contributed by atoms with Crippen LogP contribution in [0.3, 0.4) is 0 Å². The Morgan fingerprint density at radius 1 is 1.50 bits per heavy atom. The van der Waals surface area contributed by atoms with Crippen LogP contribution in [0.2, 0.25) is 5.02 Å². The Labute approximate surface area is 88.0 Å². The topological polar surface area (TPSA) is 38.3 Å². The second-order valence-electron chi connectivity index (χ2n) is 2.89. The lowest BCUT2D eigenvalue weighted by Gasteiger charge is -2.09. The number of ether oxygens (including phenoxy) is 1. The molecule has 0 fully saturated rings. The highest BCUT2D eigenvalue weighted by Crippen LogP contribution is 2.25. The van der Waals surface area contributed by atoms with Crippen molar-refractivity contribution in [3.63, 3.8) is 0 Å². The van der Waals surface area contributed by atoms with Crippen LogP contribution in [0.5, 0.6) is 0 Å². The molecular formula is C10H12ClNO2. The lowest BCUT2D eigenvalue weighted by atomic mass is 10.1. The van der Waals surface area contributed by atoms with Crippen molar-refractivity contribution in [3.05, 3.63) is 28.3 Å². The van der Waals surface area contributed by atoms with Crippen molar-refractivity contribution in [1.82, 2.24) is 0 Å². The van der Waals surface area contributed by atoms with Crippen LogP contribution < -0.4 is 5.32 Å². The van der Waals surface area contributed by atoms with E-state index in [2.05, 4.69) is 10.1 Å². The lowest BCUT2D eigenvalue weighted by Crippen LogP contribution is -2.06. The Balaban J connectivity index is 3.27. The van der Waals surface area contributed by atoms with E-state index in [0.29, 0.717) is 16.3 Å². The first kappa shape index (κ1) is 10.9. The van der Waals surface area contributed by atoms with E-state index in [1.807, 2.05) is 6.92 Å². The van der Waals surface area contributed by atoms with E-state index >= 15 is 0 Å². The average molecular weight is 214 g/mol. The monoisotopic (exact) mass is 213 g/mol. The predicted molar refractivity (Wildman–Crippen MR) is 57.1 cm³/mol. The van der Waals surface area contributed by atoms with E-state index < -0.39 is 0 Å². The molecular weight excluding hydrogens is 202 g/mol. The molecule has 0 radical (unpaired) electrons. The Bertz CT molecular complexity index is 363.